The van der Waals surface area contributed by atoms with Crippen molar-refractivity contribution >= 4 is 15.9 Å². The Labute approximate surface area is 132 Å². The first-order valence-corrected chi connectivity index (χ1v) is 8.51. The Morgan fingerprint density at radius 2 is 1.68 bits per heavy atom. The summed E-state index contributed by atoms with van der Waals surface area (Å²) in [6, 6.07) is 1.96. The van der Waals surface area contributed by atoms with E-state index >= 15 is 0 Å². The summed E-state index contributed by atoms with van der Waals surface area (Å²) in [5, 5.41) is 2.57. The lowest BCUT2D eigenvalue weighted by Gasteiger charge is -2.16. The Morgan fingerprint density at radius 1 is 1.14 bits per heavy atom. The minimum Gasteiger partial charge on any atom is -0.383 e. The van der Waals surface area contributed by atoms with Crippen LogP contribution in [0.25, 0.3) is 0 Å². The second-order valence-electron chi connectivity index (χ2n) is 5.26. The molecular formula is C15H24N2O4S. The van der Waals surface area contributed by atoms with Crippen molar-refractivity contribution in [3.05, 3.63) is 28.3 Å². The molecule has 22 heavy (non-hydrogen) atoms. The Kier molecular flexibility index (Phi) is 6.52. The molecule has 0 aliphatic carbocycles. The predicted molar refractivity (Wildman–Crippen MR) is 85.5 cm³/mol. The standard InChI is InChI=1S/C15H24N2O4S/c1-10-8-11(2)13(4)15(12(10)3)22(19,20)17-9-14(18)16-6-7-21-5/h8,17H,6-7,9H2,1-5H3,(H,16,18). The molecule has 0 aliphatic rings. The molecule has 124 valence electrons. The lowest BCUT2D eigenvalue weighted by atomic mass is 10.0. The third kappa shape index (κ3) is 4.53. The maximum Gasteiger partial charge on any atom is 0.241 e. The first kappa shape index (κ1) is 18.6. The minimum absolute atomic E-state index is 0.259. The van der Waals surface area contributed by atoms with Gasteiger partial charge >= 0.3 is 0 Å². The number of rotatable bonds is 7. The molecule has 1 aromatic rings. The van der Waals surface area contributed by atoms with Crippen molar-refractivity contribution in [3.8, 4) is 0 Å². The average molecular weight is 328 g/mol. The van der Waals surface area contributed by atoms with E-state index in [1.165, 1.54) is 7.11 Å². The van der Waals surface area contributed by atoms with Crippen LogP contribution in [-0.2, 0) is 19.6 Å². The highest BCUT2D eigenvalue weighted by molar-refractivity contribution is 7.89. The van der Waals surface area contributed by atoms with Crippen LogP contribution in [0.5, 0.6) is 0 Å². The van der Waals surface area contributed by atoms with Gasteiger partial charge in [0.2, 0.25) is 15.9 Å². The zero-order chi connectivity index (χ0) is 16.9. The van der Waals surface area contributed by atoms with E-state index in [4.69, 9.17) is 4.74 Å². The molecule has 0 aromatic heterocycles. The van der Waals surface area contributed by atoms with Gasteiger partial charge in [-0.05, 0) is 49.9 Å². The van der Waals surface area contributed by atoms with Crippen LogP contribution in [0.15, 0.2) is 11.0 Å². The van der Waals surface area contributed by atoms with Crippen LogP contribution in [0.1, 0.15) is 22.3 Å². The highest BCUT2D eigenvalue weighted by Crippen LogP contribution is 2.25. The summed E-state index contributed by atoms with van der Waals surface area (Å²) in [6.45, 7) is 7.73. The van der Waals surface area contributed by atoms with Gasteiger partial charge in [-0.2, -0.15) is 0 Å². The molecule has 0 spiro atoms. The van der Waals surface area contributed by atoms with Gasteiger partial charge < -0.3 is 10.1 Å². The summed E-state index contributed by atoms with van der Waals surface area (Å²) in [5.41, 5.74) is 3.23. The topological polar surface area (TPSA) is 84.5 Å². The normalized spacial score (nSPS) is 11.5. The molecule has 0 heterocycles. The maximum absolute atomic E-state index is 12.5. The smallest absolute Gasteiger partial charge is 0.241 e. The van der Waals surface area contributed by atoms with Crippen molar-refractivity contribution in [2.45, 2.75) is 32.6 Å². The van der Waals surface area contributed by atoms with Crippen LogP contribution in [0.4, 0.5) is 0 Å². The highest BCUT2D eigenvalue weighted by atomic mass is 32.2. The van der Waals surface area contributed by atoms with Crippen molar-refractivity contribution in [2.24, 2.45) is 0 Å². The number of ether oxygens (including phenoxy) is 1. The zero-order valence-corrected chi connectivity index (χ0v) is 14.6. The molecule has 7 heteroatoms. The van der Waals surface area contributed by atoms with Gasteiger partial charge in [0.15, 0.2) is 0 Å². The second kappa shape index (κ2) is 7.71. The van der Waals surface area contributed by atoms with E-state index in [1.807, 2.05) is 19.9 Å². The number of carbonyl (C=O) groups is 1. The average Bonchev–Trinajstić information content (AvgIpc) is 2.43. The summed E-state index contributed by atoms with van der Waals surface area (Å²) in [5.74, 6) is -0.389. The molecule has 0 saturated carbocycles. The van der Waals surface area contributed by atoms with Gasteiger partial charge in [0.25, 0.3) is 0 Å². The molecular weight excluding hydrogens is 304 g/mol. The number of carbonyl (C=O) groups excluding carboxylic acids is 1. The van der Waals surface area contributed by atoms with Crippen molar-refractivity contribution in [3.63, 3.8) is 0 Å². The molecule has 2 N–H and O–H groups in total. The van der Waals surface area contributed by atoms with Crippen LogP contribution in [0.2, 0.25) is 0 Å². The zero-order valence-electron chi connectivity index (χ0n) is 13.7. The van der Waals surface area contributed by atoms with Gasteiger partial charge in [-0.3, -0.25) is 4.79 Å². The van der Waals surface area contributed by atoms with Gasteiger partial charge in [0.05, 0.1) is 18.0 Å². The molecule has 0 saturated heterocycles. The second-order valence-corrected chi connectivity index (χ2v) is 6.96. The fourth-order valence-corrected chi connectivity index (χ4v) is 3.77. The number of hydrogen-bond donors (Lipinski definition) is 2. The highest BCUT2D eigenvalue weighted by Gasteiger charge is 2.22. The van der Waals surface area contributed by atoms with Crippen LogP contribution in [-0.4, -0.2) is 41.1 Å². The fourth-order valence-electron chi connectivity index (χ4n) is 2.17. The molecule has 0 aliphatic heterocycles. The lowest BCUT2D eigenvalue weighted by molar-refractivity contribution is -0.120. The number of methoxy groups -OCH3 is 1. The Hall–Kier alpha value is -1.44. The Bertz CT molecular complexity index is 628. The quantitative estimate of drug-likeness (QED) is 0.730. The van der Waals surface area contributed by atoms with E-state index in [1.54, 1.807) is 13.8 Å². The number of aryl methyl sites for hydroxylation is 2. The van der Waals surface area contributed by atoms with Gasteiger partial charge in [0, 0.05) is 13.7 Å². The SMILES string of the molecule is COCCNC(=O)CNS(=O)(=O)c1c(C)c(C)cc(C)c1C. The summed E-state index contributed by atoms with van der Waals surface area (Å²) < 4.78 is 32.2. The number of nitrogens with one attached hydrogen (secondary N) is 2. The van der Waals surface area contributed by atoms with E-state index in [-0.39, 0.29) is 17.3 Å². The maximum atomic E-state index is 12.5. The van der Waals surface area contributed by atoms with Crippen molar-refractivity contribution in [1.29, 1.82) is 0 Å². The lowest BCUT2D eigenvalue weighted by Crippen LogP contribution is -2.38. The summed E-state index contributed by atoms with van der Waals surface area (Å²) in [6.07, 6.45) is 0. The number of hydrogen-bond acceptors (Lipinski definition) is 4. The first-order valence-electron chi connectivity index (χ1n) is 7.03. The first-order chi connectivity index (χ1) is 10.2. The molecule has 1 amide bonds. The van der Waals surface area contributed by atoms with Gasteiger partial charge in [0.1, 0.15) is 0 Å². The molecule has 0 bridgehead atoms. The third-order valence-electron chi connectivity index (χ3n) is 3.62. The summed E-state index contributed by atoms with van der Waals surface area (Å²) in [7, 11) is -2.21. The molecule has 0 radical (unpaired) electrons. The van der Waals surface area contributed by atoms with Crippen LogP contribution >= 0.6 is 0 Å². The van der Waals surface area contributed by atoms with Crippen molar-refractivity contribution < 1.29 is 17.9 Å². The Balaban J connectivity index is 2.90. The van der Waals surface area contributed by atoms with Gasteiger partial charge in [-0.25, -0.2) is 13.1 Å². The van der Waals surface area contributed by atoms with Crippen molar-refractivity contribution in [2.75, 3.05) is 26.8 Å². The largest absolute Gasteiger partial charge is 0.383 e. The minimum atomic E-state index is -3.73. The molecule has 0 atom stereocenters. The van der Waals surface area contributed by atoms with E-state index < -0.39 is 10.0 Å². The molecule has 0 unspecified atom stereocenters. The Morgan fingerprint density at radius 3 is 2.18 bits per heavy atom. The van der Waals surface area contributed by atoms with E-state index in [0.29, 0.717) is 24.3 Å². The van der Waals surface area contributed by atoms with E-state index in [0.717, 1.165) is 11.1 Å². The molecule has 1 aromatic carbocycles. The van der Waals surface area contributed by atoms with Crippen molar-refractivity contribution in [1.82, 2.24) is 10.0 Å². The predicted octanol–water partition coefficient (Wildman–Crippen LogP) is 0.961. The van der Waals surface area contributed by atoms with Gasteiger partial charge in [-0.15, -0.1) is 0 Å². The summed E-state index contributed by atoms with van der Waals surface area (Å²) in [4.78, 5) is 11.9. The van der Waals surface area contributed by atoms with Crippen LogP contribution < -0.4 is 10.0 Å². The molecule has 1 rings (SSSR count). The van der Waals surface area contributed by atoms with Crippen LogP contribution in [0, 0.1) is 27.7 Å². The number of amides is 1. The van der Waals surface area contributed by atoms with Crippen LogP contribution in [0.3, 0.4) is 0 Å². The van der Waals surface area contributed by atoms with E-state index in [9.17, 15) is 13.2 Å². The van der Waals surface area contributed by atoms with Gasteiger partial charge in [-0.1, -0.05) is 6.07 Å². The molecule has 6 nitrogen and oxygen atoms in total. The third-order valence-corrected chi connectivity index (χ3v) is 5.29. The number of benzene rings is 1. The number of sulfonamides is 1. The van der Waals surface area contributed by atoms with E-state index in [2.05, 4.69) is 10.0 Å². The molecule has 0 fully saturated rings. The monoisotopic (exact) mass is 328 g/mol. The fraction of sp³-hybridized carbons (Fsp3) is 0.533. The summed E-state index contributed by atoms with van der Waals surface area (Å²) >= 11 is 0.